The van der Waals surface area contributed by atoms with Crippen molar-refractivity contribution in [1.29, 1.82) is 0 Å². The molecule has 0 heterocycles. The Morgan fingerprint density at radius 3 is 1.37 bits per heavy atom. The maximum absolute atomic E-state index is 12.3. The van der Waals surface area contributed by atoms with E-state index in [9.17, 15) is 4.79 Å². The standard InChI is InChI=1S/C27H38O3/c1-9-19-11-13-21(23(15-19)26(3,4)5)17-29-25(28)30-18-22-14-12-20(10-2)16-24(22)27(6,7)8/h11-16H,9-10,17-18H2,1-8H3. The normalized spacial score (nSPS) is 12.0. The predicted molar refractivity (Wildman–Crippen MR) is 124 cm³/mol. The summed E-state index contributed by atoms with van der Waals surface area (Å²) in [4.78, 5) is 12.3. The van der Waals surface area contributed by atoms with Crippen LogP contribution >= 0.6 is 0 Å². The van der Waals surface area contributed by atoms with E-state index in [4.69, 9.17) is 9.47 Å². The molecule has 0 fully saturated rings. The van der Waals surface area contributed by atoms with Gasteiger partial charge in [0, 0.05) is 0 Å². The Balaban J connectivity index is 2.07. The molecule has 2 aromatic carbocycles. The van der Waals surface area contributed by atoms with Crippen LogP contribution in [0.15, 0.2) is 36.4 Å². The lowest BCUT2D eigenvalue weighted by Crippen LogP contribution is -2.18. The van der Waals surface area contributed by atoms with E-state index < -0.39 is 6.16 Å². The summed E-state index contributed by atoms with van der Waals surface area (Å²) in [6.45, 7) is 17.8. The second-order valence-electron chi connectivity index (χ2n) is 10.0. The van der Waals surface area contributed by atoms with Crippen molar-refractivity contribution in [1.82, 2.24) is 0 Å². The van der Waals surface area contributed by atoms with Crippen LogP contribution in [-0.2, 0) is 46.4 Å². The molecule has 30 heavy (non-hydrogen) atoms. The topological polar surface area (TPSA) is 35.5 Å². The van der Waals surface area contributed by atoms with E-state index in [1.165, 1.54) is 22.3 Å². The highest BCUT2D eigenvalue weighted by molar-refractivity contribution is 5.60. The third-order valence-electron chi connectivity index (χ3n) is 5.47. The maximum Gasteiger partial charge on any atom is 0.508 e. The molecule has 2 aromatic rings. The number of carbonyl (C=O) groups is 1. The summed E-state index contributed by atoms with van der Waals surface area (Å²) in [7, 11) is 0. The molecule has 0 aromatic heterocycles. The number of ether oxygens (including phenoxy) is 2. The summed E-state index contributed by atoms with van der Waals surface area (Å²) in [5.74, 6) is 0. The van der Waals surface area contributed by atoms with Crippen LogP contribution in [0.3, 0.4) is 0 Å². The van der Waals surface area contributed by atoms with Crippen LogP contribution in [0.4, 0.5) is 4.79 Å². The van der Waals surface area contributed by atoms with Crippen LogP contribution in [0.1, 0.15) is 88.8 Å². The smallest absolute Gasteiger partial charge is 0.429 e. The van der Waals surface area contributed by atoms with Crippen LogP contribution < -0.4 is 0 Å². The Hall–Kier alpha value is -2.29. The fourth-order valence-electron chi connectivity index (χ4n) is 3.65. The molecule has 0 N–H and O–H groups in total. The van der Waals surface area contributed by atoms with E-state index in [0.717, 1.165) is 24.0 Å². The molecule has 0 spiro atoms. The van der Waals surface area contributed by atoms with Crippen LogP contribution in [0, 0.1) is 0 Å². The van der Waals surface area contributed by atoms with Crippen LogP contribution in [-0.4, -0.2) is 6.16 Å². The van der Waals surface area contributed by atoms with Crippen LogP contribution in [0.25, 0.3) is 0 Å². The zero-order valence-electron chi connectivity index (χ0n) is 20.0. The summed E-state index contributed by atoms with van der Waals surface area (Å²) in [5, 5.41) is 0. The van der Waals surface area contributed by atoms with E-state index in [1.807, 2.05) is 0 Å². The third-order valence-corrected chi connectivity index (χ3v) is 5.47. The molecule has 0 radical (unpaired) electrons. The molecule has 0 unspecified atom stereocenters. The van der Waals surface area contributed by atoms with Crippen LogP contribution in [0.5, 0.6) is 0 Å². The molecule has 0 aliphatic carbocycles. The van der Waals surface area contributed by atoms with Crippen molar-refractivity contribution in [2.75, 3.05) is 0 Å². The number of hydrogen-bond donors (Lipinski definition) is 0. The van der Waals surface area contributed by atoms with E-state index >= 15 is 0 Å². The van der Waals surface area contributed by atoms with Gasteiger partial charge in [-0.3, -0.25) is 0 Å². The van der Waals surface area contributed by atoms with Gasteiger partial charge in [0.2, 0.25) is 0 Å². The van der Waals surface area contributed by atoms with Crippen molar-refractivity contribution >= 4 is 6.16 Å². The number of hydrogen-bond acceptors (Lipinski definition) is 3. The molecule has 0 aliphatic rings. The summed E-state index contributed by atoms with van der Waals surface area (Å²) in [6.07, 6.45) is 1.34. The second-order valence-corrected chi connectivity index (χ2v) is 10.0. The third kappa shape index (κ3) is 6.35. The first-order valence-corrected chi connectivity index (χ1v) is 11.0. The molecule has 0 bridgehead atoms. The fraction of sp³-hybridized carbons (Fsp3) is 0.519. The highest BCUT2D eigenvalue weighted by Crippen LogP contribution is 2.29. The van der Waals surface area contributed by atoms with Gasteiger partial charge in [0.15, 0.2) is 0 Å². The summed E-state index contributed by atoms with van der Waals surface area (Å²) in [5.41, 5.74) is 7.01. The maximum atomic E-state index is 12.3. The van der Waals surface area contributed by atoms with E-state index in [2.05, 4.69) is 91.8 Å². The Labute approximate surface area is 182 Å². The first-order chi connectivity index (χ1) is 14.0. The minimum absolute atomic E-state index is 0.0174. The zero-order chi connectivity index (χ0) is 22.5. The summed E-state index contributed by atoms with van der Waals surface area (Å²) < 4.78 is 10.9. The molecule has 0 saturated heterocycles. The molecule has 0 amide bonds. The number of carbonyl (C=O) groups excluding carboxylic acids is 1. The average Bonchev–Trinajstić information content (AvgIpc) is 2.69. The molecule has 2 rings (SSSR count). The van der Waals surface area contributed by atoms with Crippen LogP contribution in [0.2, 0.25) is 0 Å². The number of rotatable bonds is 6. The van der Waals surface area contributed by atoms with Crippen molar-refractivity contribution in [3.63, 3.8) is 0 Å². The van der Waals surface area contributed by atoms with Crippen molar-refractivity contribution < 1.29 is 14.3 Å². The van der Waals surface area contributed by atoms with E-state index in [-0.39, 0.29) is 24.0 Å². The molecule has 0 aliphatic heterocycles. The number of aryl methyl sites for hydroxylation is 2. The van der Waals surface area contributed by atoms with Gasteiger partial charge in [-0.05, 0) is 57.1 Å². The lowest BCUT2D eigenvalue weighted by molar-refractivity contribution is 0.0440. The van der Waals surface area contributed by atoms with Crippen molar-refractivity contribution in [2.24, 2.45) is 0 Å². The Kier molecular flexibility index (Phi) is 7.74. The van der Waals surface area contributed by atoms with E-state index in [0.29, 0.717) is 0 Å². The Bertz CT molecular complexity index is 795. The fourth-order valence-corrected chi connectivity index (χ4v) is 3.65. The van der Waals surface area contributed by atoms with Gasteiger partial charge in [-0.1, -0.05) is 91.8 Å². The van der Waals surface area contributed by atoms with Crippen molar-refractivity contribution in [2.45, 2.75) is 92.3 Å². The minimum atomic E-state index is -0.631. The molecule has 3 nitrogen and oxygen atoms in total. The molecule has 3 heteroatoms. The first kappa shape index (κ1) is 24.0. The van der Waals surface area contributed by atoms with Gasteiger partial charge in [-0.15, -0.1) is 0 Å². The second kappa shape index (κ2) is 9.68. The highest BCUT2D eigenvalue weighted by atomic mass is 16.7. The van der Waals surface area contributed by atoms with Gasteiger partial charge in [-0.2, -0.15) is 0 Å². The monoisotopic (exact) mass is 410 g/mol. The quantitative estimate of drug-likeness (QED) is 0.470. The largest absolute Gasteiger partial charge is 0.508 e. The highest BCUT2D eigenvalue weighted by Gasteiger charge is 2.21. The van der Waals surface area contributed by atoms with Gasteiger partial charge >= 0.3 is 6.16 Å². The molecular formula is C27H38O3. The number of benzene rings is 2. The molecular weight excluding hydrogens is 372 g/mol. The lowest BCUT2D eigenvalue weighted by atomic mass is 9.82. The van der Waals surface area contributed by atoms with E-state index in [1.54, 1.807) is 0 Å². The first-order valence-electron chi connectivity index (χ1n) is 11.0. The Morgan fingerprint density at radius 2 is 1.07 bits per heavy atom. The lowest BCUT2D eigenvalue weighted by Gasteiger charge is -2.24. The minimum Gasteiger partial charge on any atom is -0.429 e. The average molecular weight is 411 g/mol. The molecule has 0 saturated carbocycles. The summed E-state index contributed by atoms with van der Waals surface area (Å²) >= 11 is 0. The van der Waals surface area contributed by atoms with Gasteiger partial charge in [0.25, 0.3) is 0 Å². The predicted octanol–water partition coefficient (Wildman–Crippen LogP) is 7.26. The zero-order valence-corrected chi connectivity index (χ0v) is 20.0. The van der Waals surface area contributed by atoms with Gasteiger partial charge in [0.1, 0.15) is 13.2 Å². The SMILES string of the molecule is CCc1ccc(COC(=O)OCc2ccc(CC)cc2C(C)(C)C)c(C(C)(C)C)c1. The molecule has 164 valence electrons. The van der Waals surface area contributed by atoms with Crippen molar-refractivity contribution in [3.05, 3.63) is 69.8 Å². The van der Waals surface area contributed by atoms with Crippen molar-refractivity contribution in [3.8, 4) is 0 Å². The Morgan fingerprint density at radius 1 is 0.700 bits per heavy atom. The summed E-state index contributed by atoms with van der Waals surface area (Å²) in [6, 6.07) is 12.8. The van der Waals surface area contributed by atoms with Gasteiger partial charge in [-0.25, -0.2) is 4.79 Å². The van der Waals surface area contributed by atoms with Gasteiger partial charge in [0.05, 0.1) is 0 Å². The van der Waals surface area contributed by atoms with Gasteiger partial charge < -0.3 is 9.47 Å². The molecule has 0 atom stereocenters.